The maximum absolute atomic E-state index is 13.4. The average Bonchev–Trinajstić information content (AvgIpc) is 2.21. The molecule has 0 aromatic heterocycles. The van der Waals surface area contributed by atoms with Crippen LogP contribution in [0.3, 0.4) is 0 Å². The molecule has 0 saturated heterocycles. The van der Waals surface area contributed by atoms with Gasteiger partial charge in [-0.25, -0.2) is 9.18 Å². The van der Waals surface area contributed by atoms with Crippen molar-refractivity contribution in [1.29, 1.82) is 0 Å². The third kappa shape index (κ3) is 2.46. The predicted molar refractivity (Wildman–Crippen MR) is 56.5 cm³/mol. The van der Waals surface area contributed by atoms with E-state index in [1.54, 1.807) is 25.1 Å². The summed E-state index contributed by atoms with van der Waals surface area (Å²) in [6.07, 6.45) is 0. The van der Waals surface area contributed by atoms with Crippen LogP contribution in [0.4, 0.5) is 10.1 Å². The van der Waals surface area contributed by atoms with Crippen molar-refractivity contribution in [3.63, 3.8) is 0 Å². The van der Waals surface area contributed by atoms with Gasteiger partial charge < -0.3 is 10.0 Å². The summed E-state index contributed by atoms with van der Waals surface area (Å²) >= 11 is 0. The van der Waals surface area contributed by atoms with E-state index in [0.29, 0.717) is 12.2 Å². The maximum Gasteiger partial charge on any atom is 0.326 e. The topological polar surface area (TPSA) is 40.5 Å². The van der Waals surface area contributed by atoms with E-state index in [1.165, 1.54) is 17.9 Å². The number of hydrogen-bond donors (Lipinski definition) is 1. The van der Waals surface area contributed by atoms with Crippen LogP contribution >= 0.6 is 0 Å². The Bertz CT molecular complexity index is 354. The summed E-state index contributed by atoms with van der Waals surface area (Å²) in [6.45, 7) is 3.79. The van der Waals surface area contributed by atoms with Crippen LogP contribution < -0.4 is 4.90 Å². The summed E-state index contributed by atoms with van der Waals surface area (Å²) in [5.74, 6) is -1.35. The van der Waals surface area contributed by atoms with E-state index in [1.807, 2.05) is 0 Å². The smallest absolute Gasteiger partial charge is 0.326 e. The van der Waals surface area contributed by atoms with Gasteiger partial charge >= 0.3 is 5.97 Å². The highest BCUT2D eigenvalue weighted by molar-refractivity contribution is 5.77. The van der Waals surface area contributed by atoms with Crippen molar-refractivity contribution >= 4 is 11.7 Å². The van der Waals surface area contributed by atoms with Crippen LogP contribution in [-0.2, 0) is 4.79 Å². The van der Waals surface area contributed by atoms with Crippen molar-refractivity contribution in [2.75, 3.05) is 11.4 Å². The van der Waals surface area contributed by atoms with Crippen LogP contribution in [0.25, 0.3) is 0 Å². The molecule has 1 atom stereocenters. The van der Waals surface area contributed by atoms with Gasteiger partial charge in [0.15, 0.2) is 0 Å². The molecule has 0 unspecified atom stereocenters. The van der Waals surface area contributed by atoms with E-state index in [0.717, 1.165) is 0 Å². The van der Waals surface area contributed by atoms with Crippen molar-refractivity contribution < 1.29 is 14.3 Å². The van der Waals surface area contributed by atoms with E-state index in [-0.39, 0.29) is 0 Å². The minimum absolute atomic E-state index is 0.329. The molecule has 1 aromatic rings. The first kappa shape index (κ1) is 11.5. The van der Waals surface area contributed by atoms with Crippen LogP contribution in [0.1, 0.15) is 13.8 Å². The second-order valence-electron chi connectivity index (χ2n) is 3.25. The fraction of sp³-hybridized carbons (Fsp3) is 0.364. The van der Waals surface area contributed by atoms with E-state index in [2.05, 4.69) is 0 Å². The SMILES string of the molecule is CCN(c1ccccc1F)[C@@H](C)C(=O)O. The lowest BCUT2D eigenvalue weighted by atomic mass is 10.2. The van der Waals surface area contributed by atoms with Crippen molar-refractivity contribution in [2.45, 2.75) is 19.9 Å². The molecule has 0 bridgehead atoms. The van der Waals surface area contributed by atoms with Gasteiger partial charge in [0.25, 0.3) is 0 Å². The highest BCUT2D eigenvalue weighted by Gasteiger charge is 2.21. The number of carbonyl (C=O) groups is 1. The Balaban J connectivity index is 3.02. The largest absolute Gasteiger partial charge is 0.480 e. The molecule has 0 aliphatic heterocycles. The Kier molecular flexibility index (Phi) is 3.66. The Morgan fingerprint density at radius 3 is 2.60 bits per heavy atom. The average molecular weight is 211 g/mol. The third-order valence-corrected chi connectivity index (χ3v) is 2.33. The van der Waals surface area contributed by atoms with Crippen molar-refractivity contribution in [1.82, 2.24) is 0 Å². The minimum Gasteiger partial charge on any atom is -0.480 e. The number of nitrogens with zero attached hydrogens (tertiary/aromatic N) is 1. The van der Waals surface area contributed by atoms with Gasteiger partial charge in [0.1, 0.15) is 11.9 Å². The van der Waals surface area contributed by atoms with Gasteiger partial charge in [-0.1, -0.05) is 12.1 Å². The zero-order chi connectivity index (χ0) is 11.4. The molecule has 1 rings (SSSR count). The number of anilines is 1. The van der Waals surface area contributed by atoms with E-state index < -0.39 is 17.8 Å². The molecular formula is C11H14FNO2. The number of halogens is 1. The van der Waals surface area contributed by atoms with E-state index >= 15 is 0 Å². The highest BCUT2D eigenvalue weighted by atomic mass is 19.1. The van der Waals surface area contributed by atoms with E-state index in [4.69, 9.17) is 5.11 Å². The van der Waals surface area contributed by atoms with Gasteiger partial charge in [-0.15, -0.1) is 0 Å². The molecule has 0 saturated carbocycles. The first-order chi connectivity index (χ1) is 7.07. The normalized spacial score (nSPS) is 12.2. The second kappa shape index (κ2) is 4.77. The van der Waals surface area contributed by atoms with E-state index in [9.17, 15) is 9.18 Å². The van der Waals surface area contributed by atoms with Crippen LogP contribution in [0.15, 0.2) is 24.3 Å². The summed E-state index contributed by atoms with van der Waals surface area (Å²) in [5.41, 5.74) is 0.329. The summed E-state index contributed by atoms with van der Waals surface area (Å²) in [5, 5.41) is 8.87. The molecule has 0 aliphatic rings. The summed E-state index contributed by atoms with van der Waals surface area (Å²) < 4.78 is 13.4. The molecule has 0 radical (unpaired) electrons. The Labute approximate surface area is 88.1 Å². The lowest BCUT2D eigenvalue weighted by molar-refractivity contribution is -0.138. The van der Waals surface area contributed by atoms with Crippen molar-refractivity contribution in [3.8, 4) is 0 Å². The van der Waals surface area contributed by atoms with Crippen LogP contribution in [0.5, 0.6) is 0 Å². The fourth-order valence-electron chi connectivity index (χ4n) is 1.47. The molecule has 0 aliphatic carbocycles. The summed E-state index contributed by atoms with van der Waals surface area (Å²) in [4.78, 5) is 12.3. The Morgan fingerprint density at radius 1 is 1.53 bits per heavy atom. The number of benzene rings is 1. The molecule has 0 fully saturated rings. The summed E-state index contributed by atoms with van der Waals surface area (Å²) in [7, 11) is 0. The molecule has 1 N–H and O–H groups in total. The first-order valence-electron chi connectivity index (χ1n) is 4.82. The highest BCUT2D eigenvalue weighted by Crippen LogP contribution is 2.20. The molecule has 1 aromatic carbocycles. The molecule has 0 spiro atoms. The number of aliphatic carboxylic acids is 1. The Hall–Kier alpha value is -1.58. The number of carboxylic acids is 1. The first-order valence-corrected chi connectivity index (χ1v) is 4.82. The molecule has 0 heterocycles. The fourth-order valence-corrected chi connectivity index (χ4v) is 1.47. The predicted octanol–water partition coefficient (Wildman–Crippen LogP) is 2.13. The third-order valence-electron chi connectivity index (χ3n) is 2.33. The maximum atomic E-state index is 13.4. The molecule has 3 nitrogen and oxygen atoms in total. The van der Waals surface area contributed by atoms with Gasteiger partial charge in [0.05, 0.1) is 5.69 Å². The number of likely N-dealkylation sites (N-methyl/N-ethyl adjacent to an activating group) is 1. The lowest BCUT2D eigenvalue weighted by Gasteiger charge is -2.27. The monoisotopic (exact) mass is 211 g/mol. The molecule has 82 valence electrons. The van der Waals surface area contributed by atoms with Gasteiger partial charge in [0, 0.05) is 6.54 Å². The zero-order valence-electron chi connectivity index (χ0n) is 8.77. The van der Waals surface area contributed by atoms with Crippen LogP contribution in [-0.4, -0.2) is 23.7 Å². The Morgan fingerprint density at radius 2 is 2.13 bits per heavy atom. The number of hydrogen-bond acceptors (Lipinski definition) is 2. The van der Waals surface area contributed by atoms with Gasteiger partial charge in [-0.3, -0.25) is 0 Å². The zero-order valence-corrected chi connectivity index (χ0v) is 8.77. The van der Waals surface area contributed by atoms with Gasteiger partial charge in [-0.05, 0) is 26.0 Å². The van der Waals surface area contributed by atoms with Gasteiger partial charge in [0.2, 0.25) is 0 Å². The minimum atomic E-state index is -0.958. The van der Waals surface area contributed by atoms with Crippen LogP contribution in [0, 0.1) is 5.82 Å². The van der Waals surface area contributed by atoms with Crippen molar-refractivity contribution in [3.05, 3.63) is 30.1 Å². The lowest BCUT2D eigenvalue weighted by Crippen LogP contribution is -2.39. The number of para-hydroxylation sites is 1. The molecular weight excluding hydrogens is 197 g/mol. The standard InChI is InChI=1S/C11H14FNO2/c1-3-13(8(2)11(14)15)10-7-5-4-6-9(10)12/h4-8H,3H2,1-2H3,(H,14,15)/t8-/m0/s1. The molecule has 0 amide bonds. The summed E-state index contributed by atoms with van der Waals surface area (Å²) in [6, 6.07) is 5.45. The number of rotatable bonds is 4. The molecule has 4 heteroatoms. The van der Waals surface area contributed by atoms with Gasteiger partial charge in [-0.2, -0.15) is 0 Å². The quantitative estimate of drug-likeness (QED) is 0.829. The number of carboxylic acid groups (broad SMARTS) is 1. The molecule has 15 heavy (non-hydrogen) atoms. The van der Waals surface area contributed by atoms with Crippen LogP contribution in [0.2, 0.25) is 0 Å². The van der Waals surface area contributed by atoms with Crippen molar-refractivity contribution in [2.24, 2.45) is 0 Å². The second-order valence-corrected chi connectivity index (χ2v) is 3.25.